The minimum absolute atomic E-state index is 0.0560. The van der Waals surface area contributed by atoms with Gasteiger partial charge in [0, 0.05) is 23.1 Å². The first-order valence-corrected chi connectivity index (χ1v) is 10.8. The lowest BCUT2D eigenvalue weighted by atomic mass is 9.82. The van der Waals surface area contributed by atoms with E-state index in [9.17, 15) is 0 Å². The molecule has 1 aromatic rings. The molecule has 1 aromatic carbocycles. The summed E-state index contributed by atoms with van der Waals surface area (Å²) >= 11 is 12.4. The first kappa shape index (κ1) is 22.4. The second kappa shape index (κ2) is 9.11. The molecule has 0 spiro atoms. The topological polar surface area (TPSA) is 18.5 Å². The predicted molar refractivity (Wildman–Crippen MR) is 121 cm³/mol. The van der Waals surface area contributed by atoms with Gasteiger partial charge in [-0.2, -0.15) is 0 Å². The molecule has 5 heteroatoms. The average Bonchev–Trinajstić information content (AvgIpc) is 2.52. The lowest BCUT2D eigenvalue weighted by Crippen LogP contribution is -2.55. The lowest BCUT2D eigenvalue weighted by Gasteiger charge is -2.42. The highest BCUT2D eigenvalue weighted by molar-refractivity contribution is 7.80. The highest BCUT2D eigenvalue weighted by Crippen LogP contribution is 2.28. The van der Waals surface area contributed by atoms with Crippen LogP contribution in [0.1, 0.15) is 59.4 Å². The van der Waals surface area contributed by atoms with E-state index in [0.29, 0.717) is 6.04 Å². The SMILES string of the molecule is CN1CCC(N(Cc2ccccc2Cl)C(=S)NC(C)(C)CC(C)(C)C)CC1. The molecule has 152 valence electrons. The largest absolute Gasteiger partial charge is 0.358 e. The van der Waals surface area contributed by atoms with Crippen molar-refractivity contribution in [2.24, 2.45) is 5.41 Å². The third-order valence-corrected chi connectivity index (χ3v) is 5.81. The van der Waals surface area contributed by atoms with Crippen molar-refractivity contribution in [3.63, 3.8) is 0 Å². The van der Waals surface area contributed by atoms with E-state index in [2.05, 4.69) is 62.8 Å². The number of halogens is 1. The van der Waals surface area contributed by atoms with Gasteiger partial charge in [-0.05, 0) is 82.5 Å². The number of likely N-dealkylation sites (tertiary alicyclic amines) is 1. The van der Waals surface area contributed by atoms with E-state index >= 15 is 0 Å². The van der Waals surface area contributed by atoms with E-state index in [0.717, 1.165) is 54.6 Å². The molecule has 27 heavy (non-hydrogen) atoms. The Balaban J connectivity index is 2.18. The van der Waals surface area contributed by atoms with Gasteiger partial charge in [-0.1, -0.05) is 50.6 Å². The summed E-state index contributed by atoms with van der Waals surface area (Å²) in [5, 5.41) is 5.32. The standard InChI is InChI=1S/C22H36ClN3S/c1-21(2,3)16-22(4,5)24-20(27)26(18-11-13-25(6)14-12-18)15-17-9-7-8-10-19(17)23/h7-10,18H,11-16H2,1-6H3,(H,24,27). The number of nitrogens with zero attached hydrogens (tertiary/aromatic N) is 2. The van der Waals surface area contributed by atoms with E-state index in [1.165, 1.54) is 0 Å². The molecule has 0 unspecified atom stereocenters. The summed E-state index contributed by atoms with van der Waals surface area (Å²) in [5.41, 5.74) is 1.32. The maximum absolute atomic E-state index is 6.46. The second-order valence-corrected chi connectivity index (χ2v) is 10.6. The summed E-state index contributed by atoms with van der Waals surface area (Å²) in [6, 6.07) is 8.54. The molecule has 2 rings (SSSR count). The Morgan fingerprint density at radius 2 is 1.78 bits per heavy atom. The Bertz CT molecular complexity index is 631. The summed E-state index contributed by atoms with van der Waals surface area (Å²) in [6.45, 7) is 14.3. The van der Waals surface area contributed by atoms with Crippen molar-refractivity contribution < 1.29 is 0 Å². The zero-order valence-electron chi connectivity index (χ0n) is 17.8. The predicted octanol–water partition coefficient (Wildman–Crippen LogP) is 5.33. The van der Waals surface area contributed by atoms with Gasteiger partial charge in [-0.25, -0.2) is 0 Å². The summed E-state index contributed by atoms with van der Waals surface area (Å²) in [5.74, 6) is 0. The summed E-state index contributed by atoms with van der Waals surface area (Å²) in [6.07, 6.45) is 3.30. The molecule has 1 aliphatic heterocycles. The number of hydrogen-bond donors (Lipinski definition) is 1. The number of nitrogens with one attached hydrogen (secondary N) is 1. The first-order valence-electron chi connectivity index (χ1n) is 9.98. The molecule has 1 N–H and O–H groups in total. The van der Waals surface area contributed by atoms with Gasteiger partial charge in [0.25, 0.3) is 0 Å². The van der Waals surface area contributed by atoms with Gasteiger partial charge in [-0.15, -0.1) is 0 Å². The van der Waals surface area contributed by atoms with Gasteiger partial charge >= 0.3 is 0 Å². The fourth-order valence-corrected chi connectivity index (χ4v) is 4.90. The fraction of sp³-hybridized carbons (Fsp3) is 0.682. The zero-order chi connectivity index (χ0) is 20.2. The number of thiocarbonyl (C=S) groups is 1. The molecule has 0 radical (unpaired) electrons. The Hall–Kier alpha value is -0.840. The molecule has 0 aromatic heterocycles. The Morgan fingerprint density at radius 1 is 1.19 bits per heavy atom. The van der Waals surface area contributed by atoms with Crippen LogP contribution in [-0.2, 0) is 6.54 Å². The van der Waals surface area contributed by atoms with Crippen LogP contribution in [0.15, 0.2) is 24.3 Å². The van der Waals surface area contributed by atoms with Crippen LogP contribution in [0, 0.1) is 5.41 Å². The van der Waals surface area contributed by atoms with E-state index in [1.54, 1.807) is 0 Å². The molecule has 1 aliphatic rings. The number of piperidine rings is 1. The minimum Gasteiger partial charge on any atom is -0.358 e. The molecule has 3 nitrogen and oxygen atoms in total. The van der Waals surface area contributed by atoms with E-state index < -0.39 is 0 Å². The van der Waals surface area contributed by atoms with Gasteiger partial charge in [0.2, 0.25) is 0 Å². The van der Waals surface area contributed by atoms with Crippen molar-refractivity contribution in [2.45, 2.75) is 72.0 Å². The molecule has 1 saturated heterocycles. The van der Waals surface area contributed by atoms with Crippen molar-refractivity contribution in [1.82, 2.24) is 15.1 Å². The quantitative estimate of drug-likeness (QED) is 0.662. The highest BCUT2D eigenvalue weighted by Gasteiger charge is 2.30. The molecule has 0 aliphatic carbocycles. The maximum atomic E-state index is 6.46. The van der Waals surface area contributed by atoms with E-state index in [1.807, 2.05) is 18.2 Å². The number of benzene rings is 1. The fourth-order valence-electron chi connectivity index (χ4n) is 4.21. The third kappa shape index (κ3) is 7.24. The summed E-state index contributed by atoms with van der Waals surface area (Å²) in [4.78, 5) is 4.76. The van der Waals surface area contributed by atoms with Crippen molar-refractivity contribution in [2.75, 3.05) is 20.1 Å². The van der Waals surface area contributed by atoms with Crippen LogP contribution < -0.4 is 5.32 Å². The van der Waals surface area contributed by atoms with E-state index in [4.69, 9.17) is 23.8 Å². The van der Waals surface area contributed by atoms with Crippen molar-refractivity contribution in [3.8, 4) is 0 Å². The normalized spacial score (nSPS) is 17.0. The van der Waals surface area contributed by atoms with Gasteiger partial charge in [0.05, 0.1) is 0 Å². The molecule has 0 bridgehead atoms. The van der Waals surface area contributed by atoms with Crippen molar-refractivity contribution in [1.29, 1.82) is 0 Å². The van der Waals surface area contributed by atoms with Crippen LogP contribution in [-0.4, -0.2) is 46.6 Å². The van der Waals surface area contributed by atoms with Gasteiger partial charge in [0.1, 0.15) is 0 Å². The first-order chi connectivity index (χ1) is 12.5. The van der Waals surface area contributed by atoms with Crippen LogP contribution in [0.3, 0.4) is 0 Å². The molecular formula is C22H36ClN3S. The highest BCUT2D eigenvalue weighted by atomic mass is 35.5. The Kier molecular flexibility index (Phi) is 7.57. The monoisotopic (exact) mass is 409 g/mol. The Morgan fingerprint density at radius 3 is 2.33 bits per heavy atom. The zero-order valence-corrected chi connectivity index (χ0v) is 19.4. The minimum atomic E-state index is -0.0560. The molecule has 1 heterocycles. The molecular weight excluding hydrogens is 374 g/mol. The van der Waals surface area contributed by atoms with Gasteiger partial charge < -0.3 is 15.1 Å². The molecule has 0 amide bonds. The molecule has 0 saturated carbocycles. The second-order valence-electron chi connectivity index (χ2n) is 9.81. The smallest absolute Gasteiger partial charge is 0.169 e. The van der Waals surface area contributed by atoms with Crippen LogP contribution in [0.25, 0.3) is 0 Å². The number of rotatable bonds is 5. The van der Waals surface area contributed by atoms with Crippen LogP contribution >= 0.6 is 23.8 Å². The number of hydrogen-bond acceptors (Lipinski definition) is 2. The van der Waals surface area contributed by atoms with Gasteiger partial charge in [0.15, 0.2) is 5.11 Å². The van der Waals surface area contributed by atoms with E-state index in [-0.39, 0.29) is 11.0 Å². The Labute approximate surface area is 176 Å². The van der Waals surface area contributed by atoms with Crippen LogP contribution in [0.2, 0.25) is 5.02 Å². The third-order valence-electron chi connectivity index (χ3n) is 5.11. The van der Waals surface area contributed by atoms with Crippen LogP contribution in [0.5, 0.6) is 0 Å². The lowest BCUT2D eigenvalue weighted by molar-refractivity contribution is 0.166. The molecule has 1 fully saturated rings. The maximum Gasteiger partial charge on any atom is 0.169 e. The van der Waals surface area contributed by atoms with Crippen molar-refractivity contribution >= 4 is 28.9 Å². The van der Waals surface area contributed by atoms with Crippen molar-refractivity contribution in [3.05, 3.63) is 34.9 Å². The average molecular weight is 410 g/mol. The molecule has 0 atom stereocenters. The summed E-state index contributed by atoms with van der Waals surface area (Å²) < 4.78 is 0. The van der Waals surface area contributed by atoms with Crippen LogP contribution in [0.4, 0.5) is 0 Å². The van der Waals surface area contributed by atoms with Gasteiger partial charge in [-0.3, -0.25) is 0 Å². The summed E-state index contributed by atoms with van der Waals surface area (Å²) in [7, 11) is 2.19.